The topological polar surface area (TPSA) is 21.3 Å². The maximum Gasteiger partial charge on any atom is 0.126 e. The van der Waals surface area contributed by atoms with Crippen LogP contribution in [0.4, 0.5) is 4.39 Å². The zero-order chi connectivity index (χ0) is 11.8. The van der Waals surface area contributed by atoms with Gasteiger partial charge in [0.1, 0.15) is 5.82 Å². The molecule has 0 bridgehead atoms. The molecule has 2 nitrogen and oxygen atoms in total. The number of aryl methyl sites for hydroxylation is 1. The highest BCUT2D eigenvalue weighted by Crippen LogP contribution is 2.24. The van der Waals surface area contributed by atoms with Crippen molar-refractivity contribution in [3.63, 3.8) is 0 Å². The van der Waals surface area contributed by atoms with E-state index in [1.54, 1.807) is 13.0 Å². The summed E-state index contributed by atoms with van der Waals surface area (Å²) < 4.78 is 18.9. The summed E-state index contributed by atoms with van der Waals surface area (Å²) in [6.07, 6.45) is 0.0346. The van der Waals surface area contributed by atoms with Crippen molar-refractivity contribution in [2.45, 2.75) is 32.4 Å². The standard InChI is InChI=1S/C13H18FNO/c1-9-6-10(4-5-11(9)14)12-7-15-13(2,3)8-16-12/h4-6,12,15H,7-8H2,1-3H3. The molecule has 3 heteroatoms. The molecule has 1 aromatic rings. The zero-order valence-corrected chi connectivity index (χ0v) is 10.0. The van der Waals surface area contributed by atoms with Crippen LogP contribution in [0.5, 0.6) is 0 Å². The molecule has 0 spiro atoms. The highest BCUT2D eigenvalue weighted by Gasteiger charge is 2.27. The highest BCUT2D eigenvalue weighted by molar-refractivity contribution is 5.26. The van der Waals surface area contributed by atoms with Gasteiger partial charge in [-0.3, -0.25) is 0 Å². The lowest BCUT2D eigenvalue weighted by atomic mass is 10.0. The fourth-order valence-electron chi connectivity index (χ4n) is 1.87. The average Bonchev–Trinajstić information content (AvgIpc) is 2.22. The van der Waals surface area contributed by atoms with Crippen LogP contribution in [0.25, 0.3) is 0 Å². The van der Waals surface area contributed by atoms with Crippen molar-refractivity contribution in [2.75, 3.05) is 13.2 Å². The van der Waals surface area contributed by atoms with Crippen LogP contribution in [0.15, 0.2) is 18.2 Å². The Morgan fingerprint density at radius 2 is 2.19 bits per heavy atom. The first kappa shape index (κ1) is 11.6. The monoisotopic (exact) mass is 223 g/mol. The minimum absolute atomic E-state index is 0.0333. The summed E-state index contributed by atoms with van der Waals surface area (Å²) in [4.78, 5) is 0. The predicted octanol–water partition coefficient (Wildman–Crippen LogP) is 2.57. The molecule has 2 rings (SSSR count). The van der Waals surface area contributed by atoms with Gasteiger partial charge in [-0.2, -0.15) is 0 Å². The molecule has 0 amide bonds. The first-order valence-corrected chi connectivity index (χ1v) is 5.61. The molecule has 1 heterocycles. The van der Waals surface area contributed by atoms with Crippen molar-refractivity contribution < 1.29 is 9.13 Å². The van der Waals surface area contributed by atoms with Crippen LogP contribution in [-0.2, 0) is 4.74 Å². The molecule has 1 aromatic carbocycles. The van der Waals surface area contributed by atoms with Crippen LogP contribution in [0, 0.1) is 12.7 Å². The first-order chi connectivity index (χ1) is 7.48. The van der Waals surface area contributed by atoms with Crippen LogP contribution in [0.2, 0.25) is 0 Å². The molecule has 1 fully saturated rings. The van der Waals surface area contributed by atoms with Crippen LogP contribution < -0.4 is 5.32 Å². The molecule has 1 saturated heterocycles. The third kappa shape index (κ3) is 2.42. The lowest BCUT2D eigenvalue weighted by molar-refractivity contribution is -0.0229. The van der Waals surface area contributed by atoms with E-state index in [-0.39, 0.29) is 17.5 Å². The second kappa shape index (κ2) is 4.15. The maximum absolute atomic E-state index is 13.1. The van der Waals surface area contributed by atoms with Gasteiger partial charge >= 0.3 is 0 Å². The van der Waals surface area contributed by atoms with Gasteiger partial charge in [0.2, 0.25) is 0 Å². The number of rotatable bonds is 1. The molecule has 1 aliphatic rings. The average molecular weight is 223 g/mol. The summed E-state index contributed by atoms with van der Waals surface area (Å²) in [5.74, 6) is -0.159. The number of hydrogen-bond acceptors (Lipinski definition) is 2. The molecular weight excluding hydrogens is 205 g/mol. The second-order valence-electron chi connectivity index (χ2n) is 5.07. The number of ether oxygens (including phenoxy) is 1. The molecule has 0 radical (unpaired) electrons. The summed E-state index contributed by atoms with van der Waals surface area (Å²) in [6.45, 7) is 7.45. The fourth-order valence-corrected chi connectivity index (χ4v) is 1.87. The van der Waals surface area contributed by atoms with Gasteiger partial charge in [0.25, 0.3) is 0 Å². The lowest BCUT2D eigenvalue weighted by Crippen LogP contribution is -2.50. The Balaban J connectivity index is 2.11. The minimum Gasteiger partial charge on any atom is -0.370 e. The molecule has 1 unspecified atom stereocenters. The number of nitrogens with one attached hydrogen (secondary N) is 1. The predicted molar refractivity (Wildman–Crippen MR) is 61.9 cm³/mol. The van der Waals surface area contributed by atoms with Gasteiger partial charge in [-0.15, -0.1) is 0 Å². The largest absolute Gasteiger partial charge is 0.370 e. The third-order valence-electron chi connectivity index (χ3n) is 2.97. The van der Waals surface area contributed by atoms with E-state index in [1.165, 1.54) is 6.07 Å². The van der Waals surface area contributed by atoms with Crippen molar-refractivity contribution in [3.8, 4) is 0 Å². The SMILES string of the molecule is Cc1cc(C2CNC(C)(C)CO2)ccc1F. The smallest absolute Gasteiger partial charge is 0.126 e. The zero-order valence-electron chi connectivity index (χ0n) is 10.0. The third-order valence-corrected chi connectivity index (χ3v) is 2.97. The maximum atomic E-state index is 13.1. The van der Waals surface area contributed by atoms with Crippen LogP contribution in [0.3, 0.4) is 0 Å². The van der Waals surface area contributed by atoms with Gasteiger partial charge in [-0.25, -0.2) is 4.39 Å². The molecule has 0 aromatic heterocycles. The normalized spacial score (nSPS) is 24.4. The van der Waals surface area contributed by atoms with E-state index in [0.717, 1.165) is 12.1 Å². The molecule has 1 aliphatic heterocycles. The fraction of sp³-hybridized carbons (Fsp3) is 0.538. The molecule has 1 N–H and O–H groups in total. The van der Waals surface area contributed by atoms with E-state index in [0.29, 0.717) is 12.2 Å². The number of benzene rings is 1. The summed E-state index contributed by atoms with van der Waals surface area (Å²) in [6, 6.07) is 5.17. The van der Waals surface area contributed by atoms with Gasteiger partial charge in [0.05, 0.1) is 12.7 Å². The Kier molecular flexibility index (Phi) is 3.00. The summed E-state index contributed by atoms with van der Waals surface area (Å²) in [7, 11) is 0. The van der Waals surface area contributed by atoms with E-state index in [1.807, 2.05) is 6.07 Å². The van der Waals surface area contributed by atoms with Gasteiger partial charge in [-0.1, -0.05) is 12.1 Å². The van der Waals surface area contributed by atoms with Crippen LogP contribution in [-0.4, -0.2) is 18.7 Å². The Labute approximate surface area is 95.8 Å². The van der Waals surface area contributed by atoms with Gasteiger partial charge in [-0.05, 0) is 38.0 Å². The Bertz CT molecular complexity index is 380. The van der Waals surface area contributed by atoms with Crippen molar-refractivity contribution >= 4 is 0 Å². The number of halogens is 1. The van der Waals surface area contributed by atoms with E-state index in [4.69, 9.17) is 4.74 Å². The first-order valence-electron chi connectivity index (χ1n) is 5.61. The van der Waals surface area contributed by atoms with Crippen molar-refractivity contribution in [1.82, 2.24) is 5.32 Å². The van der Waals surface area contributed by atoms with Crippen LogP contribution >= 0.6 is 0 Å². The van der Waals surface area contributed by atoms with Gasteiger partial charge in [0, 0.05) is 12.1 Å². The summed E-state index contributed by atoms with van der Waals surface area (Å²) in [5.41, 5.74) is 1.75. The van der Waals surface area contributed by atoms with Crippen molar-refractivity contribution in [1.29, 1.82) is 0 Å². The minimum atomic E-state index is -0.159. The van der Waals surface area contributed by atoms with E-state index >= 15 is 0 Å². The summed E-state index contributed by atoms with van der Waals surface area (Å²) in [5, 5.41) is 3.42. The Morgan fingerprint density at radius 1 is 1.44 bits per heavy atom. The molecule has 1 atom stereocenters. The summed E-state index contributed by atoms with van der Waals surface area (Å²) >= 11 is 0. The van der Waals surface area contributed by atoms with E-state index in [2.05, 4.69) is 19.2 Å². The number of morpholine rings is 1. The molecular formula is C13H18FNO. The quantitative estimate of drug-likeness (QED) is 0.790. The lowest BCUT2D eigenvalue weighted by Gasteiger charge is -2.36. The van der Waals surface area contributed by atoms with Crippen LogP contribution in [0.1, 0.15) is 31.1 Å². The van der Waals surface area contributed by atoms with E-state index < -0.39 is 0 Å². The molecule has 88 valence electrons. The van der Waals surface area contributed by atoms with Crippen molar-refractivity contribution in [2.24, 2.45) is 0 Å². The Hall–Kier alpha value is -0.930. The van der Waals surface area contributed by atoms with Gasteiger partial charge < -0.3 is 10.1 Å². The van der Waals surface area contributed by atoms with Crippen molar-refractivity contribution in [3.05, 3.63) is 35.1 Å². The molecule has 0 aliphatic carbocycles. The molecule has 16 heavy (non-hydrogen) atoms. The van der Waals surface area contributed by atoms with Gasteiger partial charge in [0.15, 0.2) is 0 Å². The van der Waals surface area contributed by atoms with E-state index in [9.17, 15) is 4.39 Å². The number of hydrogen-bond donors (Lipinski definition) is 1. The molecule has 0 saturated carbocycles. The second-order valence-corrected chi connectivity index (χ2v) is 5.07. The Morgan fingerprint density at radius 3 is 2.75 bits per heavy atom. The highest BCUT2D eigenvalue weighted by atomic mass is 19.1.